The number of hydrogen-bond acceptors (Lipinski definition) is 6. The number of methoxy groups -OCH3 is 2. The molecule has 7 nitrogen and oxygen atoms in total. The van der Waals surface area contributed by atoms with Gasteiger partial charge in [-0.25, -0.2) is 14.1 Å². The van der Waals surface area contributed by atoms with E-state index in [1.165, 1.54) is 30.5 Å². The standard InChI is InChI=1S/C13H12N4O3S/c1-19-10-6-8(7-11(15-10)20-2)17-13(18)16-12-9(21-17)4-3-5-14-12/h3-7H,1-2H3,(H,14,16,18). The predicted molar refractivity (Wildman–Crippen MR) is 78.9 cm³/mol. The summed E-state index contributed by atoms with van der Waals surface area (Å²) in [5, 5.41) is 2.74. The Morgan fingerprint density at radius 1 is 1.24 bits per heavy atom. The van der Waals surface area contributed by atoms with Gasteiger partial charge in [0.1, 0.15) is 5.82 Å². The van der Waals surface area contributed by atoms with Gasteiger partial charge in [-0.1, -0.05) is 0 Å². The van der Waals surface area contributed by atoms with Crippen LogP contribution < -0.4 is 19.1 Å². The van der Waals surface area contributed by atoms with Gasteiger partial charge < -0.3 is 9.47 Å². The molecule has 0 atom stereocenters. The number of anilines is 2. The molecule has 108 valence electrons. The fourth-order valence-corrected chi connectivity index (χ4v) is 2.68. The Labute approximate surface area is 125 Å². The van der Waals surface area contributed by atoms with Crippen molar-refractivity contribution in [2.24, 2.45) is 0 Å². The van der Waals surface area contributed by atoms with E-state index in [9.17, 15) is 4.79 Å². The van der Waals surface area contributed by atoms with Crippen LogP contribution in [0.4, 0.5) is 16.3 Å². The minimum Gasteiger partial charge on any atom is -0.481 e. The molecule has 2 amide bonds. The summed E-state index contributed by atoms with van der Waals surface area (Å²) in [6.45, 7) is 0. The number of urea groups is 1. The molecule has 3 heterocycles. The minimum atomic E-state index is -0.290. The molecule has 0 radical (unpaired) electrons. The maximum absolute atomic E-state index is 12.2. The Kier molecular flexibility index (Phi) is 3.53. The van der Waals surface area contributed by atoms with Gasteiger partial charge in [-0.05, 0) is 12.1 Å². The van der Waals surface area contributed by atoms with Crippen LogP contribution in [0.1, 0.15) is 0 Å². The molecular formula is C13H12N4O3S. The van der Waals surface area contributed by atoms with Gasteiger partial charge in [0, 0.05) is 30.3 Å². The van der Waals surface area contributed by atoms with Crippen molar-refractivity contribution >= 4 is 29.5 Å². The maximum Gasteiger partial charge on any atom is 0.338 e. The zero-order valence-corrected chi connectivity index (χ0v) is 12.2. The molecule has 1 aliphatic heterocycles. The molecule has 0 fully saturated rings. The van der Waals surface area contributed by atoms with Crippen LogP contribution in [-0.2, 0) is 0 Å². The first kappa shape index (κ1) is 13.5. The van der Waals surface area contributed by atoms with Crippen LogP contribution in [-0.4, -0.2) is 30.2 Å². The van der Waals surface area contributed by atoms with E-state index in [-0.39, 0.29) is 6.03 Å². The number of amides is 2. The van der Waals surface area contributed by atoms with E-state index < -0.39 is 0 Å². The second-order valence-electron chi connectivity index (χ2n) is 4.08. The first-order valence-corrected chi connectivity index (χ1v) is 6.83. The lowest BCUT2D eigenvalue weighted by Crippen LogP contribution is -2.33. The molecule has 0 spiro atoms. The zero-order valence-electron chi connectivity index (χ0n) is 11.4. The quantitative estimate of drug-likeness (QED) is 0.878. The molecular weight excluding hydrogens is 292 g/mol. The van der Waals surface area contributed by atoms with Crippen LogP contribution in [0.2, 0.25) is 0 Å². The molecule has 3 rings (SSSR count). The number of nitrogens with one attached hydrogen (secondary N) is 1. The Balaban J connectivity index is 1.99. The lowest BCUT2D eigenvalue weighted by Gasteiger charge is -2.27. The summed E-state index contributed by atoms with van der Waals surface area (Å²) in [6.07, 6.45) is 1.63. The summed E-state index contributed by atoms with van der Waals surface area (Å²) in [5.74, 6) is 1.29. The molecule has 0 saturated carbocycles. The minimum absolute atomic E-state index is 0.290. The van der Waals surface area contributed by atoms with Crippen LogP contribution in [0.15, 0.2) is 35.4 Å². The summed E-state index contributed by atoms with van der Waals surface area (Å²) < 4.78 is 11.7. The molecule has 1 aliphatic rings. The van der Waals surface area contributed by atoms with Crippen LogP contribution in [0.5, 0.6) is 11.8 Å². The fourth-order valence-electron chi connectivity index (χ4n) is 1.81. The average molecular weight is 304 g/mol. The van der Waals surface area contributed by atoms with Crippen molar-refractivity contribution < 1.29 is 14.3 Å². The number of fused-ring (bicyclic) bond motifs is 1. The van der Waals surface area contributed by atoms with Crippen molar-refractivity contribution in [2.75, 3.05) is 23.8 Å². The summed E-state index contributed by atoms with van der Waals surface area (Å²) in [6, 6.07) is 6.73. The molecule has 0 aliphatic carbocycles. The lowest BCUT2D eigenvalue weighted by atomic mass is 10.4. The summed E-state index contributed by atoms with van der Waals surface area (Å²) in [5.41, 5.74) is 0.607. The van der Waals surface area contributed by atoms with Gasteiger partial charge in [0.05, 0.1) is 24.8 Å². The van der Waals surface area contributed by atoms with Gasteiger partial charge >= 0.3 is 6.03 Å². The third-order valence-electron chi connectivity index (χ3n) is 2.79. The highest BCUT2D eigenvalue weighted by Gasteiger charge is 2.27. The van der Waals surface area contributed by atoms with Gasteiger partial charge in [0.25, 0.3) is 0 Å². The van der Waals surface area contributed by atoms with Gasteiger partial charge in [-0.3, -0.25) is 5.32 Å². The Morgan fingerprint density at radius 3 is 2.62 bits per heavy atom. The van der Waals surface area contributed by atoms with E-state index in [1.54, 1.807) is 18.3 Å². The van der Waals surface area contributed by atoms with Crippen LogP contribution in [0.3, 0.4) is 0 Å². The molecule has 0 unspecified atom stereocenters. The highest BCUT2D eigenvalue weighted by Crippen LogP contribution is 2.38. The zero-order chi connectivity index (χ0) is 14.8. The van der Waals surface area contributed by atoms with Crippen molar-refractivity contribution in [1.29, 1.82) is 0 Å². The third kappa shape index (κ3) is 2.57. The number of carbonyl (C=O) groups excluding carboxylic acids is 1. The van der Waals surface area contributed by atoms with E-state index in [2.05, 4.69) is 15.3 Å². The number of aromatic nitrogens is 2. The Bertz CT molecular complexity index is 673. The number of carbonyl (C=O) groups is 1. The normalized spacial score (nSPS) is 13.4. The van der Waals surface area contributed by atoms with Crippen molar-refractivity contribution in [3.8, 4) is 11.8 Å². The Morgan fingerprint density at radius 2 is 1.95 bits per heavy atom. The van der Waals surface area contributed by atoms with Gasteiger partial charge in [0.2, 0.25) is 11.8 Å². The SMILES string of the molecule is COc1cc(N2Sc3cccnc3NC2=O)cc(OC)n1. The summed E-state index contributed by atoms with van der Waals surface area (Å²) >= 11 is 1.28. The van der Waals surface area contributed by atoms with E-state index in [0.717, 1.165) is 4.90 Å². The monoisotopic (exact) mass is 304 g/mol. The largest absolute Gasteiger partial charge is 0.481 e. The van der Waals surface area contributed by atoms with Crippen LogP contribution in [0, 0.1) is 0 Å². The molecule has 21 heavy (non-hydrogen) atoms. The molecule has 0 aromatic carbocycles. The molecule has 0 bridgehead atoms. The summed E-state index contributed by atoms with van der Waals surface area (Å²) in [4.78, 5) is 21.3. The van der Waals surface area contributed by atoms with Gasteiger partial charge in [-0.15, -0.1) is 0 Å². The number of nitrogens with zero attached hydrogens (tertiary/aromatic N) is 3. The predicted octanol–water partition coefficient (Wildman–Crippen LogP) is 2.55. The topological polar surface area (TPSA) is 76.6 Å². The highest BCUT2D eigenvalue weighted by atomic mass is 32.2. The van der Waals surface area contributed by atoms with Crippen LogP contribution >= 0.6 is 11.9 Å². The second kappa shape index (κ2) is 5.49. The molecule has 2 aromatic heterocycles. The van der Waals surface area contributed by atoms with Gasteiger partial charge in [-0.2, -0.15) is 4.98 Å². The van der Waals surface area contributed by atoms with Crippen molar-refractivity contribution in [1.82, 2.24) is 9.97 Å². The molecule has 8 heteroatoms. The van der Waals surface area contributed by atoms with Gasteiger partial charge in [0.15, 0.2) is 0 Å². The first-order valence-electron chi connectivity index (χ1n) is 6.05. The number of hydrogen-bond donors (Lipinski definition) is 1. The molecule has 2 aromatic rings. The number of ether oxygens (including phenoxy) is 2. The molecule has 1 N–H and O–H groups in total. The number of pyridine rings is 2. The Hall–Kier alpha value is -2.48. The van der Waals surface area contributed by atoms with E-state index in [1.807, 2.05) is 12.1 Å². The van der Waals surface area contributed by atoms with E-state index in [4.69, 9.17) is 9.47 Å². The summed E-state index contributed by atoms with van der Waals surface area (Å²) in [7, 11) is 3.02. The van der Waals surface area contributed by atoms with Crippen molar-refractivity contribution in [2.45, 2.75) is 4.90 Å². The van der Waals surface area contributed by atoms with Crippen molar-refractivity contribution in [3.63, 3.8) is 0 Å². The second-order valence-corrected chi connectivity index (χ2v) is 5.06. The fraction of sp³-hybridized carbons (Fsp3) is 0.154. The van der Waals surface area contributed by atoms with Crippen molar-refractivity contribution in [3.05, 3.63) is 30.5 Å². The third-order valence-corrected chi connectivity index (χ3v) is 3.87. The highest BCUT2D eigenvalue weighted by molar-refractivity contribution is 8.01. The lowest BCUT2D eigenvalue weighted by molar-refractivity contribution is 0.260. The average Bonchev–Trinajstić information content (AvgIpc) is 2.53. The smallest absolute Gasteiger partial charge is 0.338 e. The maximum atomic E-state index is 12.2. The number of rotatable bonds is 3. The van der Waals surface area contributed by atoms with Crippen LogP contribution in [0.25, 0.3) is 0 Å². The van der Waals surface area contributed by atoms with E-state index >= 15 is 0 Å². The molecule has 0 saturated heterocycles. The first-order chi connectivity index (χ1) is 10.2. The van der Waals surface area contributed by atoms with E-state index in [0.29, 0.717) is 23.3 Å².